The molecule has 0 aliphatic rings. The normalized spacial score (nSPS) is 11.3. The number of hydrogen-bond donors (Lipinski definition) is 1. The van der Waals surface area contributed by atoms with Crippen molar-refractivity contribution >= 4 is 23.3 Å². The number of carbonyl (C=O) groups is 2. The van der Waals surface area contributed by atoms with Crippen LogP contribution < -0.4 is 15.0 Å². The number of benzene rings is 3. The second-order valence-electron chi connectivity index (χ2n) is 8.26. The SMILES string of the molecule is COC(=O)c1ccccc1N[C@@H](Cc1ccc(OCCc2ccc(N(C)C)cc2)cc1)C(=O)OC. The molecule has 0 unspecified atom stereocenters. The molecular weight excluding hydrogens is 444 g/mol. The Hall–Kier alpha value is -4.00. The maximum atomic E-state index is 12.4. The highest BCUT2D eigenvalue weighted by molar-refractivity contribution is 5.96. The molecule has 0 radical (unpaired) electrons. The zero-order chi connectivity index (χ0) is 25.2. The third-order valence-corrected chi connectivity index (χ3v) is 5.62. The van der Waals surface area contributed by atoms with E-state index < -0.39 is 18.0 Å². The maximum absolute atomic E-state index is 12.4. The van der Waals surface area contributed by atoms with Crippen molar-refractivity contribution in [3.63, 3.8) is 0 Å². The summed E-state index contributed by atoms with van der Waals surface area (Å²) in [6, 6.07) is 22.3. The van der Waals surface area contributed by atoms with Crippen molar-refractivity contribution in [3.8, 4) is 5.75 Å². The zero-order valence-electron chi connectivity index (χ0n) is 20.6. The highest BCUT2D eigenvalue weighted by atomic mass is 16.5. The molecule has 0 aromatic heterocycles. The Bertz CT molecular complexity index is 1110. The molecule has 0 aliphatic heterocycles. The highest BCUT2D eigenvalue weighted by Crippen LogP contribution is 2.20. The largest absolute Gasteiger partial charge is 0.493 e. The Morgan fingerprint density at radius 2 is 1.51 bits per heavy atom. The summed E-state index contributed by atoms with van der Waals surface area (Å²) in [5, 5.41) is 3.13. The lowest BCUT2D eigenvalue weighted by molar-refractivity contribution is -0.141. The van der Waals surface area contributed by atoms with E-state index in [0.717, 1.165) is 17.7 Å². The molecular formula is C28H32N2O5. The molecule has 3 aromatic rings. The van der Waals surface area contributed by atoms with E-state index in [1.807, 2.05) is 38.4 Å². The number of carbonyl (C=O) groups excluding carboxylic acids is 2. The van der Waals surface area contributed by atoms with Crippen LogP contribution in [0.3, 0.4) is 0 Å². The summed E-state index contributed by atoms with van der Waals surface area (Å²) in [6.07, 6.45) is 1.18. The molecule has 0 saturated heterocycles. The van der Waals surface area contributed by atoms with E-state index in [9.17, 15) is 9.59 Å². The molecule has 0 aliphatic carbocycles. The zero-order valence-corrected chi connectivity index (χ0v) is 20.6. The quantitative estimate of drug-likeness (QED) is 0.412. The van der Waals surface area contributed by atoms with Crippen molar-refractivity contribution in [2.75, 3.05) is 45.1 Å². The number of esters is 2. The fraction of sp³-hybridized carbons (Fsp3) is 0.286. The third kappa shape index (κ3) is 7.24. The van der Waals surface area contributed by atoms with Gasteiger partial charge in [-0.2, -0.15) is 0 Å². The highest BCUT2D eigenvalue weighted by Gasteiger charge is 2.22. The van der Waals surface area contributed by atoms with E-state index in [4.69, 9.17) is 14.2 Å². The van der Waals surface area contributed by atoms with Crippen molar-refractivity contribution in [2.24, 2.45) is 0 Å². The molecule has 7 nitrogen and oxygen atoms in total. The summed E-state index contributed by atoms with van der Waals surface area (Å²) in [7, 11) is 6.70. The summed E-state index contributed by atoms with van der Waals surface area (Å²) >= 11 is 0. The molecule has 0 bridgehead atoms. The second kappa shape index (κ2) is 12.5. The van der Waals surface area contributed by atoms with Crippen molar-refractivity contribution < 1.29 is 23.8 Å². The van der Waals surface area contributed by atoms with Gasteiger partial charge in [-0.1, -0.05) is 36.4 Å². The first-order chi connectivity index (χ1) is 16.9. The Kier molecular flexibility index (Phi) is 9.12. The van der Waals surface area contributed by atoms with Crippen LogP contribution in [0.1, 0.15) is 21.5 Å². The van der Waals surface area contributed by atoms with Crippen LogP contribution in [0.25, 0.3) is 0 Å². The number of hydrogen-bond acceptors (Lipinski definition) is 7. The minimum atomic E-state index is -0.678. The van der Waals surface area contributed by atoms with Gasteiger partial charge in [-0.15, -0.1) is 0 Å². The van der Waals surface area contributed by atoms with E-state index in [0.29, 0.717) is 24.3 Å². The number of rotatable bonds is 11. The summed E-state index contributed by atoms with van der Waals surface area (Å²) in [5.41, 5.74) is 4.16. The van der Waals surface area contributed by atoms with E-state index >= 15 is 0 Å². The van der Waals surface area contributed by atoms with Gasteiger partial charge in [0, 0.05) is 38.3 Å². The van der Waals surface area contributed by atoms with Crippen molar-refractivity contribution in [2.45, 2.75) is 18.9 Å². The van der Waals surface area contributed by atoms with E-state index in [1.165, 1.54) is 25.5 Å². The van der Waals surface area contributed by atoms with Crippen LogP contribution in [0, 0.1) is 0 Å². The van der Waals surface area contributed by atoms with Gasteiger partial charge in [-0.3, -0.25) is 0 Å². The van der Waals surface area contributed by atoms with Gasteiger partial charge in [0.05, 0.1) is 26.4 Å². The first kappa shape index (κ1) is 25.6. The predicted octanol–water partition coefficient (Wildman–Crippen LogP) is 4.36. The Balaban J connectivity index is 1.60. The van der Waals surface area contributed by atoms with Crippen LogP contribution >= 0.6 is 0 Å². The Morgan fingerprint density at radius 3 is 2.14 bits per heavy atom. The molecule has 1 atom stereocenters. The van der Waals surface area contributed by atoms with Gasteiger partial charge in [0.25, 0.3) is 0 Å². The van der Waals surface area contributed by atoms with Gasteiger partial charge in [0.15, 0.2) is 0 Å². The maximum Gasteiger partial charge on any atom is 0.339 e. The van der Waals surface area contributed by atoms with Crippen LogP contribution in [-0.4, -0.2) is 52.9 Å². The van der Waals surface area contributed by atoms with Crippen LogP contribution in [0.4, 0.5) is 11.4 Å². The van der Waals surface area contributed by atoms with Crippen LogP contribution in [0.15, 0.2) is 72.8 Å². The lowest BCUT2D eigenvalue weighted by Crippen LogP contribution is -2.33. The van der Waals surface area contributed by atoms with E-state index in [1.54, 1.807) is 24.3 Å². The molecule has 184 valence electrons. The molecule has 35 heavy (non-hydrogen) atoms. The topological polar surface area (TPSA) is 77.1 Å². The second-order valence-corrected chi connectivity index (χ2v) is 8.26. The van der Waals surface area contributed by atoms with Crippen LogP contribution in [-0.2, 0) is 27.1 Å². The molecule has 3 aromatic carbocycles. The minimum Gasteiger partial charge on any atom is -0.493 e. The summed E-state index contributed by atoms with van der Waals surface area (Å²) in [6.45, 7) is 0.567. The lowest BCUT2D eigenvalue weighted by Gasteiger charge is -2.19. The molecule has 1 N–H and O–H groups in total. The predicted molar refractivity (Wildman–Crippen MR) is 137 cm³/mol. The first-order valence-electron chi connectivity index (χ1n) is 11.4. The number of anilines is 2. The fourth-order valence-electron chi connectivity index (χ4n) is 3.63. The third-order valence-electron chi connectivity index (χ3n) is 5.62. The van der Waals surface area contributed by atoms with Crippen LogP contribution in [0.5, 0.6) is 5.75 Å². The molecule has 0 spiro atoms. The van der Waals surface area contributed by atoms with Gasteiger partial charge in [-0.25, -0.2) is 9.59 Å². The number of ether oxygens (including phenoxy) is 3. The van der Waals surface area contributed by atoms with Crippen molar-refractivity contribution in [3.05, 3.63) is 89.5 Å². The molecule has 3 rings (SSSR count). The summed E-state index contributed by atoms with van der Waals surface area (Å²) in [5.74, 6) is -0.144. The lowest BCUT2D eigenvalue weighted by atomic mass is 10.0. The summed E-state index contributed by atoms with van der Waals surface area (Å²) in [4.78, 5) is 26.6. The minimum absolute atomic E-state index is 0.351. The number of methoxy groups -OCH3 is 2. The van der Waals surface area contributed by atoms with Crippen molar-refractivity contribution in [1.29, 1.82) is 0 Å². The van der Waals surface area contributed by atoms with Crippen molar-refractivity contribution in [1.82, 2.24) is 0 Å². The van der Waals surface area contributed by atoms with Gasteiger partial charge in [0.2, 0.25) is 0 Å². The summed E-state index contributed by atoms with van der Waals surface area (Å²) < 4.78 is 15.7. The molecule has 0 saturated carbocycles. The molecule has 0 heterocycles. The average Bonchev–Trinajstić information content (AvgIpc) is 2.89. The van der Waals surface area contributed by atoms with Gasteiger partial charge in [-0.05, 0) is 47.5 Å². The number of nitrogens with one attached hydrogen (secondary N) is 1. The molecule has 0 fully saturated rings. The number of nitrogens with zero attached hydrogens (tertiary/aromatic N) is 1. The van der Waals surface area contributed by atoms with Gasteiger partial charge < -0.3 is 24.4 Å². The first-order valence-corrected chi connectivity index (χ1v) is 11.4. The Morgan fingerprint density at radius 1 is 0.857 bits per heavy atom. The van der Waals surface area contributed by atoms with Crippen LogP contribution in [0.2, 0.25) is 0 Å². The van der Waals surface area contributed by atoms with E-state index in [2.05, 4.69) is 34.5 Å². The number of para-hydroxylation sites is 1. The van der Waals surface area contributed by atoms with E-state index in [-0.39, 0.29) is 0 Å². The monoisotopic (exact) mass is 476 g/mol. The van der Waals surface area contributed by atoms with Gasteiger partial charge >= 0.3 is 11.9 Å². The average molecular weight is 477 g/mol. The standard InChI is InChI=1S/C28H32N2O5/c1-30(2)22-13-9-20(10-14-22)17-18-35-23-15-11-21(12-16-23)19-26(28(32)34-4)29-25-8-6-5-7-24(25)27(31)33-3/h5-16,26,29H,17-19H2,1-4H3/t26-/m0/s1. The Labute approximate surface area is 206 Å². The van der Waals surface area contributed by atoms with Gasteiger partial charge in [0.1, 0.15) is 11.8 Å². The smallest absolute Gasteiger partial charge is 0.339 e. The fourth-order valence-corrected chi connectivity index (χ4v) is 3.63. The molecule has 0 amide bonds. The molecule has 7 heteroatoms.